The summed E-state index contributed by atoms with van der Waals surface area (Å²) < 4.78 is 20.9. The lowest BCUT2D eigenvalue weighted by molar-refractivity contribution is -0.130. The van der Waals surface area contributed by atoms with Crippen LogP contribution in [0.3, 0.4) is 0 Å². The van der Waals surface area contributed by atoms with E-state index in [0.29, 0.717) is 56.2 Å². The number of ether oxygens (including phenoxy) is 1. The van der Waals surface area contributed by atoms with Crippen molar-refractivity contribution < 1.29 is 18.7 Å². The number of pyridine rings is 1. The molecule has 1 aromatic carbocycles. The Morgan fingerprint density at radius 2 is 1.85 bits per heavy atom. The lowest BCUT2D eigenvalue weighted by atomic mass is 9.98. The van der Waals surface area contributed by atoms with E-state index in [1.54, 1.807) is 30.2 Å². The van der Waals surface area contributed by atoms with Crippen LogP contribution in [0, 0.1) is 23.6 Å². The Morgan fingerprint density at radius 1 is 1.09 bits per heavy atom. The fourth-order valence-corrected chi connectivity index (χ4v) is 5.19. The van der Waals surface area contributed by atoms with Gasteiger partial charge in [0.1, 0.15) is 17.3 Å². The number of nitrogens with one attached hydrogen (secondary N) is 1. The fourth-order valence-electron chi connectivity index (χ4n) is 5.19. The molecule has 3 aliphatic rings. The first-order valence-electron chi connectivity index (χ1n) is 11.5. The number of hydrogen-bond acceptors (Lipinski definition) is 5. The molecule has 2 amide bonds. The van der Waals surface area contributed by atoms with Crippen molar-refractivity contribution in [2.45, 2.75) is 20.0 Å². The summed E-state index contributed by atoms with van der Waals surface area (Å²) in [6.45, 7) is 4.43. The van der Waals surface area contributed by atoms with Crippen molar-refractivity contribution in [1.82, 2.24) is 19.7 Å². The third-order valence-corrected chi connectivity index (χ3v) is 7.10. The van der Waals surface area contributed by atoms with Crippen LogP contribution < -0.4 is 5.32 Å². The van der Waals surface area contributed by atoms with E-state index in [-0.39, 0.29) is 23.5 Å². The Bertz CT molecular complexity index is 1280. The molecule has 2 aliphatic heterocycles. The van der Waals surface area contributed by atoms with E-state index in [1.165, 1.54) is 12.1 Å². The van der Waals surface area contributed by atoms with E-state index in [2.05, 4.69) is 10.3 Å². The molecule has 1 saturated carbocycles. The van der Waals surface area contributed by atoms with Gasteiger partial charge in [-0.25, -0.2) is 9.37 Å². The Balaban J connectivity index is 1.38. The molecule has 0 spiro atoms. The van der Waals surface area contributed by atoms with Crippen LogP contribution in [0.4, 0.5) is 10.2 Å². The number of fused-ring (bicyclic) bond motifs is 2. The molecule has 6 rings (SSSR count). The predicted molar refractivity (Wildman–Crippen MR) is 122 cm³/mol. The highest BCUT2D eigenvalue weighted by molar-refractivity contribution is 5.95. The van der Waals surface area contributed by atoms with Crippen LogP contribution >= 0.6 is 0 Å². The molecule has 34 heavy (non-hydrogen) atoms. The number of halogens is 1. The second-order valence-corrected chi connectivity index (χ2v) is 9.15. The Kier molecular flexibility index (Phi) is 4.95. The van der Waals surface area contributed by atoms with Crippen molar-refractivity contribution in [2.24, 2.45) is 17.8 Å². The van der Waals surface area contributed by atoms with Gasteiger partial charge in [0.05, 0.1) is 32.0 Å². The van der Waals surface area contributed by atoms with Crippen LogP contribution in [0.5, 0.6) is 0 Å². The number of amides is 2. The average Bonchev–Trinajstić information content (AvgIpc) is 3.15. The van der Waals surface area contributed by atoms with Crippen LogP contribution in [-0.4, -0.2) is 51.2 Å². The van der Waals surface area contributed by atoms with E-state index in [9.17, 15) is 14.0 Å². The van der Waals surface area contributed by atoms with Crippen molar-refractivity contribution in [3.8, 4) is 22.4 Å². The molecular formula is C25H24FN5O3. The zero-order chi connectivity index (χ0) is 23.4. The molecule has 2 unspecified atom stereocenters. The Hall–Kier alpha value is -3.59. The molecule has 2 fully saturated rings. The summed E-state index contributed by atoms with van der Waals surface area (Å²) in [4.78, 5) is 31.0. The van der Waals surface area contributed by atoms with Crippen LogP contribution in [0.25, 0.3) is 22.4 Å². The first kappa shape index (κ1) is 21.0. The molecule has 1 N–H and O–H groups in total. The topological polar surface area (TPSA) is 89.4 Å². The van der Waals surface area contributed by atoms with E-state index >= 15 is 0 Å². The van der Waals surface area contributed by atoms with E-state index < -0.39 is 0 Å². The second kappa shape index (κ2) is 8.02. The Labute approximate surface area is 195 Å². The lowest BCUT2D eigenvalue weighted by Crippen LogP contribution is -2.37. The minimum atomic E-state index is -0.318. The molecule has 174 valence electrons. The summed E-state index contributed by atoms with van der Waals surface area (Å²) in [6, 6.07) is 9.93. The number of carbonyl (C=O) groups excluding carboxylic acids is 2. The highest BCUT2D eigenvalue weighted by atomic mass is 19.1. The van der Waals surface area contributed by atoms with Crippen molar-refractivity contribution in [3.63, 3.8) is 0 Å². The van der Waals surface area contributed by atoms with Gasteiger partial charge in [-0.3, -0.25) is 14.3 Å². The largest absolute Gasteiger partial charge is 0.381 e. The zero-order valence-corrected chi connectivity index (χ0v) is 18.7. The summed E-state index contributed by atoms with van der Waals surface area (Å²) in [5, 5.41) is 7.78. The molecule has 2 atom stereocenters. The highest BCUT2D eigenvalue weighted by Crippen LogP contribution is 2.51. The van der Waals surface area contributed by atoms with E-state index in [4.69, 9.17) is 9.84 Å². The van der Waals surface area contributed by atoms with Crippen LogP contribution in [0.15, 0.2) is 42.6 Å². The summed E-state index contributed by atoms with van der Waals surface area (Å²) in [7, 11) is 0. The second-order valence-electron chi connectivity index (χ2n) is 9.15. The zero-order valence-electron chi connectivity index (χ0n) is 18.7. The summed E-state index contributed by atoms with van der Waals surface area (Å²) in [6.07, 6.45) is 1.66. The van der Waals surface area contributed by atoms with Gasteiger partial charge >= 0.3 is 0 Å². The molecular weight excluding hydrogens is 437 g/mol. The number of rotatable bonds is 4. The van der Waals surface area contributed by atoms with Gasteiger partial charge in [0.25, 0.3) is 0 Å². The maximum atomic E-state index is 13.6. The van der Waals surface area contributed by atoms with Crippen molar-refractivity contribution in [2.75, 3.05) is 25.1 Å². The van der Waals surface area contributed by atoms with Crippen molar-refractivity contribution in [3.05, 3.63) is 54.1 Å². The molecule has 9 heteroatoms. The van der Waals surface area contributed by atoms with Gasteiger partial charge in [-0.15, -0.1) is 0 Å². The monoisotopic (exact) mass is 461 g/mol. The van der Waals surface area contributed by atoms with Gasteiger partial charge in [-0.1, -0.05) is 0 Å². The fraction of sp³-hybridized carbons (Fsp3) is 0.360. The van der Waals surface area contributed by atoms with Crippen LogP contribution in [-0.2, 0) is 27.4 Å². The van der Waals surface area contributed by atoms with Crippen LogP contribution in [0.2, 0.25) is 0 Å². The third-order valence-electron chi connectivity index (χ3n) is 7.10. The van der Waals surface area contributed by atoms with Crippen molar-refractivity contribution in [1.29, 1.82) is 0 Å². The van der Waals surface area contributed by atoms with E-state index in [1.807, 2.05) is 16.8 Å². The molecule has 4 heterocycles. The first-order chi connectivity index (χ1) is 16.5. The third kappa shape index (κ3) is 3.56. The van der Waals surface area contributed by atoms with Gasteiger partial charge in [0.2, 0.25) is 11.8 Å². The lowest BCUT2D eigenvalue weighted by Gasteiger charge is -2.27. The molecule has 3 aromatic rings. The standard InChI is InChI=1S/C25H24FN5O3/c1-14(32)30-8-9-31-20(11-30)22(24(29-31)15-2-4-17(26)5-3-15)16-6-7-27-21(10-16)28-25(33)23-18-12-34-13-19(18)23/h2-7,10,18-19,23H,8-9,11-13H2,1H3,(H,27,28,33). The summed E-state index contributed by atoms with van der Waals surface area (Å²) in [5.41, 5.74) is 4.07. The van der Waals surface area contributed by atoms with Gasteiger partial charge < -0.3 is 15.0 Å². The number of anilines is 1. The maximum Gasteiger partial charge on any atom is 0.229 e. The SMILES string of the molecule is CC(=O)N1CCn2nc(-c3ccc(F)cc3)c(-c3ccnc(NC(=O)C4C5COCC54)c3)c2C1. The molecule has 8 nitrogen and oxygen atoms in total. The number of hydrogen-bond donors (Lipinski definition) is 1. The smallest absolute Gasteiger partial charge is 0.229 e. The quantitative estimate of drug-likeness (QED) is 0.645. The predicted octanol–water partition coefficient (Wildman–Crippen LogP) is 2.94. The number of carbonyl (C=O) groups is 2. The van der Waals surface area contributed by atoms with E-state index in [0.717, 1.165) is 22.4 Å². The number of benzene rings is 1. The normalized spacial score (nSPS) is 22.8. The molecule has 1 saturated heterocycles. The molecule has 2 aromatic heterocycles. The van der Waals surface area contributed by atoms with Gasteiger partial charge in [-0.05, 0) is 53.8 Å². The number of nitrogens with zero attached hydrogens (tertiary/aromatic N) is 4. The first-order valence-corrected chi connectivity index (χ1v) is 11.5. The number of aromatic nitrogens is 3. The molecule has 1 aliphatic carbocycles. The average molecular weight is 461 g/mol. The highest BCUT2D eigenvalue weighted by Gasteiger charge is 2.58. The van der Waals surface area contributed by atoms with Crippen molar-refractivity contribution >= 4 is 17.6 Å². The summed E-state index contributed by atoms with van der Waals surface area (Å²) in [5.74, 6) is 0.743. The Morgan fingerprint density at radius 3 is 2.59 bits per heavy atom. The maximum absolute atomic E-state index is 13.6. The van der Waals surface area contributed by atoms with Gasteiger partial charge in [0, 0.05) is 36.7 Å². The van der Waals surface area contributed by atoms with Gasteiger partial charge in [0.15, 0.2) is 0 Å². The molecule has 0 radical (unpaired) electrons. The van der Waals surface area contributed by atoms with Gasteiger partial charge in [-0.2, -0.15) is 5.10 Å². The van der Waals surface area contributed by atoms with Crippen LogP contribution in [0.1, 0.15) is 12.6 Å². The summed E-state index contributed by atoms with van der Waals surface area (Å²) >= 11 is 0. The minimum absolute atomic E-state index is 0.00312. The minimum Gasteiger partial charge on any atom is -0.381 e. The molecule has 0 bridgehead atoms.